The van der Waals surface area contributed by atoms with E-state index >= 15 is 0 Å². The SMILES string of the molecule is [CH3-].[Y].c1cc[nH]c1. The summed E-state index contributed by atoms with van der Waals surface area (Å²) in [5.74, 6) is 0. The molecule has 0 aliphatic heterocycles. The van der Waals surface area contributed by atoms with Crippen molar-refractivity contribution in [1.82, 2.24) is 4.98 Å². The van der Waals surface area contributed by atoms with Gasteiger partial charge in [-0.3, -0.25) is 0 Å². The van der Waals surface area contributed by atoms with Gasteiger partial charge in [-0.1, -0.05) is 0 Å². The van der Waals surface area contributed by atoms with Gasteiger partial charge in [0.1, 0.15) is 0 Å². The molecule has 0 aromatic carbocycles. The van der Waals surface area contributed by atoms with E-state index in [0.29, 0.717) is 0 Å². The van der Waals surface area contributed by atoms with Crippen LogP contribution in [0.1, 0.15) is 0 Å². The average molecular weight is 171 g/mol. The molecule has 0 aliphatic rings. The molecule has 0 unspecified atom stereocenters. The molecule has 0 amide bonds. The Labute approximate surface area is 69.4 Å². The van der Waals surface area contributed by atoms with Crippen LogP contribution in [0.25, 0.3) is 0 Å². The molecular formula is C5H8NY-. The first kappa shape index (κ1) is 10.4. The first-order valence-corrected chi connectivity index (χ1v) is 1.58. The second kappa shape index (κ2) is 6.38. The molecule has 1 N–H and O–H groups in total. The van der Waals surface area contributed by atoms with Crippen LogP contribution < -0.4 is 0 Å². The van der Waals surface area contributed by atoms with Gasteiger partial charge in [-0.15, -0.1) is 0 Å². The summed E-state index contributed by atoms with van der Waals surface area (Å²) in [6, 6.07) is 3.89. The Hall–Kier alpha value is 0.384. The Kier molecular flexibility index (Phi) is 9.47. The third-order valence-corrected chi connectivity index (χ3v) is 0.496. The molecule has 7 heavy (non-hydrogen) atoms. The van der Waals surface area contributed by atoms with E-state index in [9.17, 15) is 0 Å². The zero-order valence-corrected chi connectivity index (χ0v) is 7.23. The molecule has 37 valence electrons. The fourth-order valence-electron chi connectivity index (χ4n) is 0.278. The molecule has 2 heteroatoms. The maximum absolute atomic E-state index is 2.86. The topological polar surface area (TPSA) is 15.8 Å². The minimum absolute atomic E-state index is 0. The van der Waals surface area contributed by atoms with Gasteiger partial charge in [0, 0.05) is 45.1 Å². The maximum atomic E-state index is 2.86. The van der Waals surface area contributed by atoms with Crippen molar-refractivity contribution in [3.8, 4) is 0 Å². The minimum atomic E-state index is 0. The number of nitrogens with one attached hydrogen (secondary N) is 1. The summed E-state index contributed by atoms with van der Waals surface area (Å²) < 4.78 is 0. The molecule has 0 fully saturated rings. The van der Waals surface area contributed by atoms with Gasteiger partial charge in [0.05, 0.1) is 0 Å². The van der Waals surface area contributed by atoms with Crippen LogP contribution in [-0.4, -0.2) is 4.98 Å². The molecule has 1 heterocycles. The number of hydrogen-bond donors (Lipinski definition) is 1. The van der Waals surface area contributed by atoms with Gasteiger partial charge < -0.3 is 12.4 Å². The monoisotopic (exact) mass is 171 g/mol. The summed E-state index contributed by atoms with van der Waals surface area (Å²) in [6.45, 7) is 0. The number of hydrogen-bond acceptors (Lipinski definition) is 0. The van der Waals surface area contributed by atoms with Crippen LogP contribution in [0.5, 0.6) is 0 Å². The van der Waals surface area contributed by atoms with Gasteiger partial charge in [-0.2, -0.15) is 0 Å². The molecule has 1 rings (SSSR count). The zero-order chi connectivity index (χ0) is 3.54. The van der Waals surface area contributed by atoms with Crippen molar-refractivity contribution in [2.45, 2.75) is 0 Å². The molecule has 0 saturated heterocycles. The number of H-pyrrole nitrogens is 1. The first-order chi connectivity index (χ1) is 2.50. The molecule has 0 saturated carbocycles. The smallest absolute Gasteiger partial charge is 0.000496 e. The Bertz CT molecular complexity index is 64.6. The van der Waals surface area contributed by atoms with Crippen LogP contribution >= 0.6 is 0 Å². The van der Waals surface area contributed by atoms with E-state index in [0.717, 1.165) is 0 Å². The third-order valence-electron chi connectivity index (χ3n) is 0.496. The Morgan fingerprint density at radius 2 is 1.43 bits per heavy atom. The van der Waals surface area contributed by atoms with E-state index in [2.05, 4.69) is 4.98 Å². The Morgan fingerprint density at radius 3 is 1.57 bits per heavy atom. The molecule has 1 aromatic heterocycles. The van der Waals surface area contributed by atoms with Crippen LogP contribution in [0, 0.1) is 7.43 Å². The number of aromatic nitrogens is 1. The summed E-state index contributed by atoms with van der Waals surface area (Å²) in [6.07, 6.45) is 3.75. The van der Waals surface area contributed by atoms with E-state index in [1.807, 2.05) is 24.5 Å². The van der Waals surface area contributed by atoms with E-state index in [1.165, 1.54) is 0 Å². The van der Waals surface area contributed by atoms with Gasteiger partial charge >= 0.3 is 0 Å². The first-order valence-electron chi connectivity index (χ1n) is 1.58. The summed E-state index contributed by atoms with van der Waals surface area (Å²) >= 11 is 0. The summed E-state index contributed by atoms with van der Waals surface area (Å²) in [5.41, 5.74) is 0. The predicted molar refractivity (Wildman–Crippen MR) is 27.2 cm³/mol. The second-order valence-electron chi connectivity index (χ2n) is 0.885. The molecule has 0 aliphatic carbocycles. The molecule has 0 atom stereocenters. The predicted octanol–water partition coefficient (Wildman–Crippen LogP) is 1.46. The van der Waals surface area contributed by atoms with E-state index < -0.39 is 0 Å². The van der Waals surface area contributed by atoms with Gasteiger partial charge in [0.2, 0.25) is 0 Å². The van der Waals surface area contributed by atoms with Crippen LogP contribution in [0.4, 0.5) is 0 Å². The summed E-state index contributed by atoms with van der Waals surface area (Å²) in [4.78, 5) is 2.86. The van der Waals surface area contributed by atoms with Crippen LogP contribution in [-0.2, 0) is 32.7 Å². The standard InChI is InChI=1S/C4H5N.CH3.Y/c1-2-4-5-3-1;;/h1-5H;1H3;/q;-1;. The maximum Gasteiger partial charge on any atom is 0.000496 e. The summed E-state index contributed by atoms with van der Waals surface area (Å²) in [5, 5.41) is 0. The second-order valence-corrected chi connectivity index (χ2v) is 0.885. The Balaban J connectivity index is 0. The van der Waals surface area contributed by atoms with E-state index in [-0.39, 0.29) is 40.1 Å². The molecule has 0 spiro atoms. The van der Waals surface area contributed by atoms with Crippen LogP contribution in [0.2, 0.25) is 0 Å². The molecule has 1 radical (unpaired) electrons. The molecule has 0 bridgehead atoms. The van der Waals surface area contributed by atoms with Crippen molar-refractivity contribution in [3.63, 3.8) is 0 Å². The van der Waals surface area contributed by atoms with Crippen molar-refractivity contribution in [2.75, 3.05) is 0 Å². The average Bonchev–Trinajstić information content (AvgIpc) is 1.76. The van der Waals surface area contributed by atoms with Crippen molar-refractivity contribution in [1.29, 1.82) is 0 Å². The Morgan fingerprint density at radius 1 is 1.00 bits per heavy atom. The minimum Gasteiger partial charge on any atom is -0.368 e. The van der Waals surface area contributed by atoms with Crippen molar-refractivity contribution in [2.24, 2.45) is 0 Å². The summed E-state index contributed by atoms with van der Waals surface area (Å²) in [7, 11) is 0. The van der Waals surface area contributed by atoms with Crippen molar-refractivity contribution >= 4 is 0 Å². The van der Waals surface area contributed by atoms with Gasteiger partial charge in [0.15, 0.2) is 0 Å². The molecule has 1 nitrogen and oxygen atoms in total. The molecule has 1 aromatic rings. The quantitative estimate of drug-likeness (QED) is 0.568. The van der Waals surface area contributed by atoms with E-state index in [1.54, 1.807) is 0 Å². The molecular weight excluding hydrogens is 163 g/mol. The third kappa shape index (κ3) is 4.23. The van der Waals surface area contributed by atoms with Gasteiger partial charge in [0.25, 0.3) is 0 Å². The van der Waals surface area contributed by atoms with Gasteiger partial charge in [-0.25, -0.2) is 0 Å². The van der Waals surface area contributed by atoms with E-state index in [4.69, 9.17) is 0 Å². The largest absolute Gasteiger partial charge is 0.368 e. The van der Waals surface area contributed by atoms with Crippen molar-refractivity contribution < 1.29 is 32.7 Å². The van der Waals surface area contributed by atoms with Gasteiger partial charge in [-0.05, 0) is 12.1 Å². The number of rotatable bonds is 0. The van der Waals surface area contributed by atoms with Crippen molar-refractivity contribution in [3.05, 3.63) is 32.0 Å². The number of aromatic amines is 1. The fraction of sp³-hybridized carbons (Fsp3) is 0. The fourth-order valence-corrected chi connectivity index (χ4v) is 0.278. The zero-order valence-electron chi connectivity index (χ0n) is 4.39. The normalized spacial score (nSPS) is 5.71. The van der Waals surface area contributed by atoms with Crippen LogP contribution in [0.15, 0.2) is 24.5 Å². The van der Waals surface area contributed by atoms with Crippen LogP contribution in [0.3, 0.4) is 0 Å².